The molecule has 27 heavy (non-hydrogen) atoms. The Morgan fingerprint density at radius 2 is 1.93 bits per heavy atom. The van der Waals surface area contributed by atoms with Crippen LogP contribution in [0.4, 0.5) is 11.5 Å². The minimum absolute atomic E-state index is 0.404. The van der Waals surface area contributed by atoms with Crippen molar-refractivity contribution in [3.63, 3.8) is 0 Å². The van der Waals surface area contributed by atoms with Crippen LogP contribution in [-0.2, 0) is 4.74 Å². The van der Waals surface area contributed by atoms with Crippen LogP contribution in [0, 0.1) is 13.8 Å². The number of methoxy groups -OCH3 is 1. The van der Waals surface area contributed by atoms with Crippen molar-refractivity contribution in [2.75, 3.05) is 12.4 Å². The highest BCUT2D eigenvalue weighted by atomic mass is 16.5. The quantitative estimate of drug-likeness (QED) is 0.532. The number of carbonyl (C=O) groups excluding carboxylic acids is 1. The first kappa shape index (κ1) is 16.9. The zero-order valence-corrected chi connectivity index (χ0v) is 15.3. The second-order valence-corrected chi connectivity index (χ2v) is 6.32. The number of carbonyl (C=O) groups is 1. The molecule has 6 nitrogen and oxygen atoms in total. The second kappa shape index (κ2) is 6.64. The lowest BCUT2D eigenvalue weighted by molar-refractivity contribution is 0.0602. The van der Waals surface area contributed by atoms with Crippen LogP contribution in [0.25, 0.3) is 17.1 Å². The maximum atomic E-state index is 12.1. The van der Waals surface area contributed by atoms with E-state index in [9.17, 15) is 4.79 Å². The molecule has 4 aromatic rings. The number of esters is 1. The number of hydrogen-bond acceptors (Lipinski definition) is 5. The summed E-state index contributed by atoms with van der Waals surface area (Å²) in [5.74, 6) is 1.78. The van der Waals surface area contributed by atoms with Gasteiger partial charge in [-0.25, -0.2) is 9.78 Å². The zero-order valence-electron chi connectivity index (χ0n) is 15.3. The van der Waals surface area contributed by atoms with E-state index in [1.807, 2.05) is 60.8 Å². The SMILES string of the molecule is COC(=O)c1ccccc1Nc1c(-c2ccc(C)o2)nc2ccc(C)cn12. The number of anilines is 2. The van der Waals surface area contributed by atoms with Gasteiger partial charge < -0.3 is 14.5 Å². The molecular weight excluding hydrogens is 342 g/mol. The molecule has 4 rings (SSSR count). The van der Waals surface area contributed by atoms with Crippen molar-refractivity contribution in [1.82, 2.24) is 9.38 Å². The van der Waals surface area contributed by atoms with E-state index in [1.54, 1.807) is 12.1 Å². The van der Waals surface area contributed by atoms with Crippen molar-refractivity contribution in [2.24, 2.45) is 0 Å². The molecule has 0 amide bonds. The predicted octanol–water partition coefficient (Wildman–Crippen LogP) is 4.74. The van der Waals surface area contributed by atoms with Gasteiger partial charge in [0.05, 0.1) is 18.4 Å². The molecule has 0 aliphatic carbocycles. The van der Waals surface area contributed by atoms with Gasteiger partial charge in [0.2, 0.25) is 0 Å². The van der Waals surface area contributed by atoms with Crippen LogP contribution in [0.3, 0.4) is 0 Å². The number of hydrogen-bond donors (Lipinski definition) is 1. The number of fused-ring (bicyclic) bond motifs is 1. The Bertz CT molecular complexity index is 1140. The smallest absolute Gasteiger partial charge is 0.339 e. The van der Waals surface area contributed by atoms with Crippen LogP contribution in [0.15, 0.2) is 59.1 Å². The third-order valence-corrected chi connectivity index (χ3v) is 4.33. The van der Waals surface area contributed by atoms with Crippen LogP contribution < -0.4 is 5.32 Å². The molecule has 3 aromatic heterocycles. The van der Waals surface area contributed by atoms with Gasteiger partial charge in [0, 0.05) is 6.20 Å². The van der Waals surface area contributed by atoms with E-state index >= 15 is 0 Å². The number of pyridine rings is 1. The topological polar surface area (TPSA) is 68.8 Å². The number of nitrogens with zero attached hydrogens (tertiary/aromatic N) is 2. The number of para-hydroxylation sites is 1. The first-order chi connectivity index (χ1) is 13.1. The van der Waals surface area contributed by atoms with Crippen LogP contribution >= 0.6 is 0 Å². The first-order valence-electron chi connectivity index (χ1n) is 8.56. The molecule has 0 fully saturated rings. The van der Waals surface area contributed by atoms with Crippen molar-refractivity contribution >= 4 is 23.1 Å². The van der Waals surface area contributed by atoms with Crippen LogP contribution in [0.5, 0.6) is 0 Å². The Labute approximate surface area is 156 Å². The Morgan fingerprint density at radius 3 is 2.67 bits per heavy atom. The lowest BCUT2D eigenvalue weighted by Crippen LogP contribution is -2.06. The van der Waals surface area contributed by atoms with E-state index in [2.05, 4.69) is 5.32 Å². The fourth-order valence-corrected chi connectivity index (χ4v) is 3.01. The second-order valence-electron chi connectivity index (χ2n) is 6.32. The van der Waals surface area contributed by atoms with Crippen LogP contribution in [0.1, 0.15) is 21.7 Å². The van der Waals surface area contributed by atoms with Gasteiger partial charge in [0.1, 0.15) is 22.9 Å². The third kappa shape index (κ3) is 3.06. The lowest BCUT2D eigenvalue weighted by Gasteiger charge is -2.12. The molecule has 0 spiro atoms. The summed E-state index contributed by atoms with van der Waals surface area (Å²) in [6, 6.07) is 15.0. The molecule has 0 atom stereocenters. The van der Waals surface area contributed by atoms with Crippen molar-refractivity contribution in [3.8, 4) is 11.5 Å². The summed E-state index contributed by atoms with van der Waals surface area (Å²) >= 11 is 0. The van der Waals surface area contributed by atoms with E-state index in [-0.39, 0.29) is 0 Å². The highest BCUT2D eigenvalue weighted by Crippen LogP contribution is 2.33. The summed E-state index contributed by atoms with van der Waals surface area (Å²) < 4.78 is 12.7. The van der Waals surface area contributed by atoms with Gasteiger partial charge in [-0.15, -0.1) is 0 Å². The van der Waals surface area contributed by atoms with Crippen molar-refractivity contribution in [2.45, 2.75) is 13.8 Å². The number of benzene rings is 1. The maximum Gasteiger partial charge on any atom is 0.339 e. The van der Waals surface area contributed by atoms with Gasteiger partial charge in [0.15, 0.2) is 5.76 Å². The summed E-state index contributed by atoms with van der Waals surface area (Å²) in [7, 11) is 1.37. The average Bonchev–Trinajstić information content (AvgIpc) is 3.25. The van der Waals surface area contributed by atoms with Crippen LogP contribution in [-0.4, -0.2) is 22.5 Å². The molecule has 0 radical (unpaired) electrons. The van der Waals surface area contributed by atoms with Gasteiger partial charge in [0.25, 0.3) is 0 Å². The zero-order chi connectivity index (χ0) is 19.0. The predicted molar refractivity (Wildman–Crippen MR) is 103 cm³/mol. The average molecular weight is 361 g/mol. The van der Waals surface area contributed by atoms with Gasteiger partial charge in [-0.3, -0.25) is 4.40 Å². The van der Waals surface area contributed by atoms with Gasteiger partial charge in [-0.1, -0.05) is 18.2 Å². The minimum Gasteiger partial charge on any atom is -0.465 e. The van der Waals surface area contributed by atoms with E-state index in [1.165, 1.54) is 7.11 Å². The number of furan rings is 1. The Morgan fingerprint density at radius 1 is 1.11 bits per heavy atom. The van der Waals surface area contributed by atoms with Crippen molar-refractivity contribution in [3.05, 3.63) is 71.6 Å². The van der Waals surface area contributed by atoms with Gasteiger partial charge in [-0.05, 0) is 49.7 Å². The number of aryl methyl sites for hydroxylation is 2. The normalized spacial score (nSPS) is 10.9. The van der Waals surface area contributed by atoms with E-state index in [4.69, 9.17) is 14.1 Å². The molecule has 136 valence electrons. The summed E-state index contributed by atoms with van der Waals surface area (Å²) in [5, 5.41) is 3.35. The Balaban J connectivity index is 1.91. The molecule has 1 N–H and O–H groups in total. The fraction of sp³-hybridized carbons (Fsp3) is 0.143. The summed E-state index contributed by atoms with van der Waals surface area (Å²) in [5.41, 5.74) is 3.63. The Hall–Kier alpha value is -3.54. The number of rotatable bonds is 4. The van der Waals surface area contributed by atoms with E-state index < -0.39 is 5.97 Å². The highest BCUT2D eigenvalue weighted by Gasteiger charge is 2.19. The van der Waals surface area contributed by atoms with Crippen molar-refractivity contribution in [1.29, 1.82) is 0 Å². The monoisotopic (exact) mass is 361 g/mol. The molecule has 0 unspecified atom stereocenters. The third-order valence-electron chi connectivity index (χ3n) is 4.33. The molecule has 0 saturated heterocycles. The van der Waals surface area contributed by atoms with Crippen molar-refractivity contribution < 1.29 is 13.9 Å². The largest absolute Gasteiger partial charge is 0.465 e. The van der Waals surface area contributed by atoms with Gasteiger partial charge in [-0.2, -0.15) is 0 Å². The maximum absolute atomic E-state index is 12.1. The first-order valence-corrected chi connectivity index (χ1v) is 8.56. The van der Waals surface area contributed by atoms with E-state index in [0.717, 1.165) is 22.8 Å². The summed E-state index contributed by atoms with van der Waals surface area (Å²) in [6.45, 7) is 3.91. The fourth-order valence-electron chi connectivity index (χ4n) is 3.01. The summed E-state index contributed by atoms with van der Waals surface area (Å²) in [6.07, 6.45) is 1.99. The molecule has 3 heterocycles. The molecular formula is C21H19N3O3. The Kier molecular flexibility index (Phi) is 4.16. The molecule has 1 aromatic carbocycles. The minimum atomic E-state index is -0.404. The molecule has 0 saturated carbocycles. The number of aromatic nitrogens is 2. The highest BCUT2D eigenvalue weighted by molar-refractivity contribution is 5.97. The molecule has 0 aliphatic rings. The molecule has 6 heteroatoms. The lowest BCUT2D eigenvalue weighted by atomic mass is 10.1. The standard InChI is InChI=1S/C21H19N3O3/c1-13-8-11-18-23-19(17-10-9-14(2)27-17)20(24(18)12-13)22-16-7-5-4-6-15(16)21(25)26-3/h4-12,22H,1-3H3. The molecule has 0 bridgehead atoms. The number of nitrogens with one attached hydrogen (secondary N) is 1. The van der Waals surface area contributed by atoms with Crippen LogP contribution in [0.2, 0.25) is 0 Å². The number of ether oxygens (including phenoxy) is 1. The summed E-state index contributed by atoms with van der Waals surface area (Å²) in [4.78, 5) is 16.9. The number of imidazole rings is 1. The molecule has 0 aliphatic heterocycles. The van der Waals surface area contributed by atoms with Gasteiger partial charge >= 0.3 is 5.97 Å². The van der Waals surface area contributed by atoms with E-state index in [0.29, 0.717) is 22.7 Å².